The molecule has 0 saturated heterocycles. The van der Waals surface area contributed by atoms with Gasteiger partial charge in [0, 0.05) is 6.92 Å². The minimum Gasteiger partial charge on any atom is -0.305 e. The lowest BCUT2D eigenvalue weighted by Crippen LogP contribution is -2.32. The average molecular weight is 321 g/mol. The van der Waals surface area contributed by atoms with Gasteiger partial charge in [-0.1, -0.05) is 12.1 Å². The van der Waals surface area contributed by atoms with Crippen LogP contribution in [0.15, 0.2) is 28.9 Å². The van der Waals surface area contributed by atoms with Crippen molar-refractivity contribution in [3.63, 3.8) is 0 Å². The highest BCUT2D eigenvalue weighted by Crippen LogP contribution is 2.23. The fourth-order valence-corrected chi connectivity index (χ4v) is 2.07. The summed E-state index contributed by atoms with van der Waals surface area (Å²) in [5.41, 5.74) is 0.477. The molecule has 1 aromatic carbocycles. The molecular weight excluding hydrogens is 305 g/mol. The van der Waals surface area contributed by atoms with Gasteiger partial charge in [-0.15, -0.1) is 0 Å². The van der Waals surface area contributed by atoms with Gasteiger partial charge in [-0.25, -0.2) is 9.02 Å². The number of hydrogen-bond acceptors (Lipinski definition) is 6. The van der Waals surface area contributed by atoms with E-state index in [4.69, 9.17) is 0 Å². The van der Waals surface area contributed by atoms with E-state index in [0.717, 1.165) is 0 Å². The lowest BCUT2D eigenvalue weighted by Gasteiger charge is -2.23. The van der Waals surface area contributed by atoms with Crippen LogP contribution < -0.4 is 10.6 Å². The summed E-state index contributed by atoms with van der Waals surface area (Å²) in [6.45, 7) is 1.29. The fraction of sp³-hybridized carbons (Fsp3) is 0.286. The molecule has 1 unspecified atom stereocenters. The SMILES string of the molecule is CC(=O)Nc1nonc1NC(=O)C(c1cccc(F)c1)N(C)C. The minimum atomic E-state index is -0.757. The molecule has 0 aliphatic heterocycles. The molecule has 1 atom stereocenters. The van der Waals surface area contributed by atoms with E-state index in [-0.39, 0.29) is 17.5 Å². The zero-order valence-electron chi connectivity index (χ0n) is 12.8. The highest BCUT2D eigenvalue weighted by molar-refractivity contribution is 5.98. The molecule has 0 aliphatic rings. The van der Waals surface area contributed by atoms with Gasteiger partial charge in [0.1, 0.15) is 11.9 Å². The molecule has 0 aliphatic carbocycles. The number of amides is 2. The molecule has 8 nitrogen and oxygen atoms in total. The van der Waals surface area contributed by atoms with Crippen molar-refractivity contribution in [2.24, 2.45) is 0 Å². The van der Waals surface area contributed by atoms with Crippen LogP contribution in [0.4, 0.5) is 16.0 Å². The molecule has 2 aromatic rings. The maximum Gasteiger partial charge on any atom is 0.247 e. The molecule has 2 amide bonds. The van der Waals surface area contributed by atoms with E-state index < -0.39 is 17.8 Å². The van der Waals surface area contributed by atoms with Crippen molar-refractivity contribution < 1.29 is 18.6 Å². The average Bonchev–Trinajstić information content (AvgIpc) is 2.84. The lowest BCUT2D eigenvalue weighted by molar-refractivity contribution is -0.120. The number of hydrogen-bond donors (Lipinski definition) is 2. The van der Waals surface area contributed by atoms with Gasteiger partial charge in [-0.2, -0.15) is 0 Å². The Morgan fingerprint density at radius 2 is 1.87 bits per heavy atom. The van der Waals surface area contributed by atoms with Gasteiger partial charge in [-0.05, 0) is 42.1 Å². The third kappa shape index (κ3) is 4.10. The summed E-state index contributed by atoms with van der Waals surface area (Å²) < 4.78 is 17.9. The number of carbonyl (C=O) groups excluding carboxylic acids is 2. The summed E-state index contributed by atoms with van der Waals surface area (Å²) in [5, 5.41) is 11.9. The highest BCUT2D eigenvalue weighted by atomic mass is 19.1. The second kappa shape index (κ2) is 6.97. The Bertz CT molecular complexity index is 716. The summed E-state index contributed by atoms with van der Waals surface area (Å²) in [7, 11) is 3.37. The summed E-state index contributed by atoms with van der Waals surface area (Å²) >= 11 is 0. The number of anilines is 2. The van der Waals surface area contributed by atoms with Crippen molar-refractivity contribution in [3.8, 4) is 0 Å². The van der Waals surface area contributed by atoms with Crippen molar-refractivity contribution >= 4 is 23.5 Å². The molecule has 2 N–H and O–H groups in total. The molecule has 2 rings (SSSR count). The first-order chi connectivity index (χ1) is 10.9. The van der Waals surface area contributed by atoms with Gasteiger partial charge in [-0.3, -0.25) is 14.5 Å². The summed E-state index contributed by atoms with van der Waals surface area (Å²) in [4.78, 5) is 25.2. The summed E-state index contributed by atoms with van der Waals surface area (Å²) in [6.07, 6.45) is 0. The Hall–Kier alpha value is -2.81. The number of nitrogens with zero attached hydrogens (tertiary/aromatic N) is 3. The predicted octanol–water partition coefficient (Wildman–Crippen LogP) is 1.41. The van der Waals surface area contributed by atoms with E-state index >= 15 is 0 Å². The van der Waals surface area contributed by atoms with E-state index in [2.05, 4.69) is 25.6 Å². The molecule has 0 fully saturated rings. The van der Waals surface area contributed by atoms with Crippen molar-refractivity contribution in [2.75, 3.05) is 24.7 Å². The molecule has 0 bridgehead atoms. The first kappa shape index (κ1) is 16.6. The van der Waals surface area contributed by atoms with Crippen LogP contribution in [0.5, 0.6) is 0 Å². The number of benzene rings is 1. The summed E-state index contributed by atoms with van der Waals surface area (Å²) in [6, 6.07) is 4.98. The number of aromatic nitrogens is 2. The van der Waals surface area contributed by atoms with Crippen LogP contribution in [0.2, 0.25) is 0 Å². The van der Waals surface area contributed by atoms with E-state index in [1.165, 1.54) is 25.1 Å². The predicted molar refractivity (Wildman–Crippen MR) is 80.1 cm³/mol. The van der Waals surface area contributed by atoms with Gasteiger partial charge in [0.05, 0.1) is 0 Å². The third-order valence-electron chi connectivity index (χ3n) is 2.95. The fourth-order valence-electron chi connectivity index (χ4n) is 2.07. The minimum absolute atomic E-state index is 0.00241. The Morgan fingerprint density at radius 3 is 2.43 bits per heavy atom. The van der Waals surface area contributed by atoms with Crippen LogP contribution in [0.25, 0.3) is 0 Å². The molecule has 1 aromatic heterocycles. The van der Waals surface area contributed by atoms with Gasteiger partial charge in [0.2, 0.25) is 23.5 Å². The van der Waals surface area contributed by atoms with E-state index in [1.54, 1.807) is 25.1 Å². The van der Waals surface area contributed by atoms with Gasteiger partial charge < -0.3 is 10.6 Å². The smallest absolute Gasteiger partial charge is 0.247 e. The van der Waals surface area contributed by atoms with Gasteiger partial charge in [0.25, 0.3) is 0 Å². The Labute approximate surface area is 131 Å². The Balaban J connectivity index is 2.23. The molecule has 0 saturated carbocycles. The van der Waals surface area contributed by atoms with Crippen molar-refractivity contribution in [2.45, 2.75) is 13.0 Å². The molecule has 23 heavy (non-hydrogen) atoms. The normalized spacial score (nSPS) is 12.0. The van der Waals surface area contributed by atoms with Crippen LogP contribution in [0.1, 0.15) is 18.5 Å². The van der Waals surface area contributed by atoms with E-state index in [0.29, 0.717) is 5.56 Å². The van der Waals surface area contributed by atoms with Crippen molar-refractivity contribution in [1.29, 1.82) is 0 Å². The quantitative estimate of drug-likeness (QED) is 0.863. The lowest BCUT2D eigenvalue weighted by atomic mass is 10.1. The molecule has 1 heterocycles. The van der Waals surface area contributed by atoms with E-state index in [1.807, 2.05) is 0 Å². The largest absolute Gasteiger partial charge is 0.305 e. The van der Waals surface area contributed by atoms with Crippen LogP contribution in [0.3, 0.4) is 0 Å². The second-order valence-corrected chi connectivity index (χ2v) is 5.05. The number of likely N-dealkylation sites (N-methyl/N-ethyl adjacent to an activating group) is 1. The van der Waals surface area contributed by atoms with Crippen LogP contribution in [-0.4, -0.2) is 41.1 Å². The molecule has 122 valence electrons. The molecule has 0 spiro atoms. The standard InChI is InChI=1S/C14H16FN5O3/c1-8(21)16-12-13(19-23-18-12)17-14(22)11(20(2)3)9-5-4-6-10(15)7-9/h4-7,11H,1-3H3,(H,16,18,21)(H,17,19,22). The zero-order chi connectivity index (χ0) is 17.0. The van der Waals surface area contributed by atoms with E-state index in [9.17, 15) is 14.0 Å². The topological polar surface area (TPSA) is 100 Å². The third-order valence-corrected chi connectivity index (χ3v) is 2.95. The number of carbonyl (C=O) groups is 2. The second-order valence-electron chi connectivity index (χ2n) is 5.05. The first-order valence-corrected chi connectivity index (χ1v) is 6.71. The molecular formula is C14H16FN5O3. The monoisotopic (exact) mass is 321 g/mol. The van der Waals surface area contributed by atoms with Crippen LogP contribution in [-0.2, 0) is 9.59 Å². The number of nitrogens with one attached hydrogen (secondary N) is 2. The Kier molecular flexibility index (Phi) is 5.02. The Morgan fingerprint density at radius 1 is 1.22 bits per heavy atom. The maximum atomic E-state index is 13.4. The summed E-state index contributed by atoms with van der Waals surface area (Å²) in [5.74, 6) is -1.31. The van der Waals surface area contributed by atoms with Crippen LogP contribution >= 0.6 is 0 Å². The van der Waals surface area contributed by atoms with Crippen molar-refractivity contribution in [1.82, 2.24) is 15.2 Å². The first-order valence-electron chi connectivity index (χ1n) is 6.71. The zero-order valence-corrected chi connectivity index (χ0v) is 12.8. The van der Waals surface area contributed by atoms with Crippen LogP contribution in [0, 0.1) is 5.82 Å². The maximum absolute atomic E-state index is 13.4. The van der Waals surface area contributed by atoms with Gasteiger partial charge >= 0.3 is 0 Å². The number of rotatable bonds is 5. The van der Waals surface area contributed by atoms with Crippen molar-refractivity contribution in [3.05, 3.63) is 35.6 Å². The molecule has 0 radical (unpaired) electrons. The van der Waals surface area contributed by atoms with Gasteiger partial charge in [0.15, 0.2) is 0 Å². The highest BCUT2D eigenvalue weighted by Gasteiger charge is 2.25. The molecule has 9 heteroatoms. The number of halogens is 1.